The fraction of sp³-hybridized carbons (Fsp3) is 0.333. The molecule has 5 nitrogen and oxygen atoms in total. The smallest absolute Gasteiger partial charge is 0.335 e. The molecule has 0 saturated heterocycles. The van der Waals surface area contributed by atoms with Crippen LogP contribution < -0.4 is 4.74 Å². The fourth-order valence-electron chi connectivity index (χ4n) is 1.75. The molecule has 1 N–H and O–H groups in total. The lowest BCUT2D eigenvalue weighted by molar-refractivity contribution is 0.0697. The number of hydrogen-bond donors (Lipinski definition) is 1. The monoisotopic (exact) mass is 234 g/mol. The van der Waals surface area contributed by atoms with E-state index in [2.05, 4.69) is 5.10 Å². The van der Waals surface area contributed by atoms with Crippen molar-refractivity contribution in [3.05, 3.63) is 23.8 Å². The molecule has 2 aromatic rings. The van der Waals surface area contributed by atoms with Gasteiger partial charge < -0.3 is 9.84 Å². The van der Waals surface area contributed by atoms with E-state index in [-0.39, 0.29) is 5.56 Å². The van der Waals surface area contributed by atoms with Crippen molar-refractivity contribution in [3.8, 4) is 5.88 Å². The third kappa shape index (κ3) is 1.95. The van der Waals surface area contributed by atoms with Crippen molar-refractivity contribution in [2.75, 3.05) is 6.61 Å². The maximum absolute atomic E-state index is 10.9. The molecule has 2 rings (SSSR count). The maximum Gasteiger partial charge on any atom is 0.335 e. The van der Waals surface area contributed by atoms with Gasteiger partial charge in [0, 0.05) is 6.54 Å². The van der Waals surface area contributed by atoms with Gasteiger partial charge >= 0.3 is 5.97 Å². The molecular formula is C12H14N2O3. The summed E-state index contributed by atoms with van der Waals surface area (Å²) in [4.78, 5) is 10.9. The normalized spacial score (nSPS) is 10.7. The van der Waals surface area contributed by atoms with Crippen LogP contribution in [-0.4, -0.2) is 27.5 Å². The van der Waals surface area contributed by atoms with Gasteiger partial charge in [0.1, 0.15) is 0 Å². The van der Waals surface area contributed by atoms with Crippen molar-refractivity contribution < 1.29 is 14.6 Å². The number of fused-ring (bicyclic) bond motifs is 1. The van der Waals surface area contributed by atoms with Gasteiger partial charge in [0.25, 0.3) is 0 Å². The molecule has 1 aromatic carbocycles. The second kappa shape index (κ2) is 4.45. The zero-order valence-electron chi connectivity index (χ0n) is 9.80. The first-order chi connectivity index (χ1) is 8.17. The van der Waals surface area contributed by atoms with Gasteiger partial charge in [-0.05, 0) is 32.0 Å². The summed E-state index contributed by atoms with van der Waals surface area (Å²) in [5.74, 6) is -0.252. The number of nitrogens with zero attached hydrogens (tertiary/aromatic N) is 2. The molecule has 17 heavy (non-hydrogen) atoms. The lowest BCUT2D eigenvalue weighted by Gasteiger charge is -2.04. The van der Waals surface area contributed by atoms with E-state index in [1.54, 1.807) is 22.9 Å². The quantitative estimate of drug-likeness (QED) is 0.880. The van der Waals surface area contributed by atoms with Crippen LogP contribution in [0.3, 0.4) is 0 Å². The summed E-state index contributed by atoms with van der Waals surface area (Å²) in [5.41, 5.74) is 0.886. The molecule has 0 amide bonds. The Balaban J connectivity index is 2.61. The Morgan fingerprint density at radius 3 is 2.82 bits per heavy atom. The summed E-state index contributed by atoms with van der Waals surface area (Å²) in [6, 6.07) is 4.87. The topological polar surface area (TPSA) is 64.3 Å². The molecule has 0 aliphatic heterocycles. The number of aryl methyl sites for hydroxylation is 1. The zero-order valence-corrected chi connectivity index (χ0v) is 9.80. The molecular weight excluding hydrogens is 220 g/mol. The van der Waals surface area contributed by atoms with Gasteiger partial charge in [0.2, 0.25) is 5.88 Å². The molecule has 0 bridgehead atoms. The Labute approximate surface area is 98.6 Å². The number of carboxylic acids is 1. The number of rotatable bonds is 4. The SMILES string of the molecule is CCOc1c2ccc(C(=O)O)cc2nn1CC. The van der Waals surface area contributed by atoms with Crippen LogP contribution in [0.1, 0.15) is 24.2 Å². The minimum absolute atomic E-state index is 0.237. The van der Waals surface area contributed by atoms with Crippen LogP contribution in [0.25, 0.3) is 10.9 Å². The highest BCUT2D eigenvalue weighted by Crippen LogP contribution is 2.26. The number of hydrogen-bond acceptors (Lipinski definition) is 3. The van der Waals surface area contributed by atoms with Gasteiger partial charge in [-0.2, -0.15) is 5.10 Å². The molecule has 0 fully saturated rings. The van der Waals surface area contributed by atoms with E-state index in [9.17, 15) is 4.79 Å². The molecule has 0 spiro atoms. The van der Waals surface area contributed by atoms with Gasteiger partial charge in [-0.25, -0.2) is 9.48 Å². The van der Waals surface area contributed by atoms with Crippen molar-refractivity contribution in [2.24, 2.45) is 0 Å². The van der Waals surface area contributed by atoms with Crippen LogP contribution >= 0.6 is 0 Å². The van der Waals surface area contributed by atoms with Crippen LogP contribution in [-0.2, 0) is 6.54 Å². The summed E-state index contributed by atoms with van der Waals surface area (Å²) >= 11 is 0. The van der Waals surface area contributed by atoms with E-state index in [0.29, 0.717) is 24.5 Å². The highest BCUT2D eigenvalue weighted by molar-refractivity contribution is 5.94. The molecule has 90 valence electrons. The number of carboxylic acid groups (broad SMARTS) is 1. The summed E-state index contributed by atoms with van der Waals surface area (Å²) in [6.07, 6.45) is 0. The van der Waals surface area contributed by atoms with Gasteiger partial charge in [-0.3, -0.25) is 0 Å². The van der Waals surface area contributed by atoms with E-state index in [1.807, 2.05) is 13.8 Å². The second-order valence-corrected chi connectivity index (χ2v) is 3.59. The highest BCUT2D eigenvalue weighted by Gasteiger charge is 2.13. The average molecular weight is 234 g/mol. The predicted octanol–water partition coefficient (Wildman–Crippen LogP) is 2.15. The van der Waals surface area contributed by atoms with Crippen LogP contribution in [0.15, 0.2) is 18.2 Å². The van der Waals surface area contributed by atoms with Gasteiger partial charge in [-0.1, -0.05) is 0 Å². The van der Waals surface area contributed by atoms with Crippen LogP contribution in [0.5, 0.6) is 5.88 Å². The molecule has 1 aromatic heterocycles. The molecule has 0 aliphatic rings. The zero-order chi connectivity index (χ0) is 12.4. The number of carbonyl (C=O) groups is 1. The number of aromatic nitrogens is 2. The largest absolute Gasteiger partial charge is 0.478 e. The third-order valence-electron chi connectivity index (χ3n) is 2.52. The molecule has 0 saturated carbocycles. The van der Waals surface area contributed by atoms with E-state index in [4.69, 9.17) is 9.84 Å². The van der Waals surface area contributed by atoms with Crippen molar-refractivity contribution in [1.82, 2.24) is 9.78 Å². The van der Waals surface area contributed by atoms with Crippen LogP contribution in [0, 0.1) is 0 Å². The Morgan fingerprint density at radius 2 is 2.24 bits per heavy atom. The summed E-state index contributed by atoms with van der Waals surface area (Å²) in [5, 5.41) is 14.1. The van der Waals surface area contributed by atoms with Gasteiger partial charge in [0.15, 0.2) is 0 Å². The van der Waals surface area contributed by atoms with Crippen LogP contribution in [0.4, 0.5) is 0 Å². The van der Waals surface area contributed by atoms with Crippen molar-refractivity contribution >= 4 is 16.9 Å². The average Bonchev–Trinajstić information content (AvgIpc) is 2.67. The Kier molecular flexibility index (Phi) is 2.99. The number of ether oxygens (including phenoxy) is 1. The molecule has 0 radical (unpaired) electrons. The van der Waals surface area contributed by atoms with E-state index >= 15 is 0 Å². The third-order valence-corrected chi connectivity index (χ3v) is 2.52. The summed E-state index contributed by atoms with van der Waals surface area (Å²) in [7, 11) is 0. The summed E-state index contributed by atoms with van der Waals surface area (Å²) < 4.78 is 7.27. The standard InChI is InChI=1S/C12H14N2O3/c1-3-14-11(17-4-2)9-6-5-8(12(15)16)7-10(9)13-14/h5-7H,3-4H2,1-2H3,(H,15,16). The fourth-order valence-corrected chi connectivity index (χ4v) is 1.75. The van der Waals surface area contributed by atoms with Gasteiger partial charge in [0.05, 0.1) is 23.1 Å². The minimum Gasteiger partial charge on any atom is -0.478 e. The lowest BCUT2D eigenvalue weighted by Crippen LogP contribution is -2.02. The van der Waals surface area contributed by atoms with Crippen LogP contribution in [0.2, 0.25) is 0 Å². The Hall–Kier alpha value is -2.04. The molecule has 1 heterocycles. The highest BCUT2D eigenvalue weighted by atomic mass is 16.5. The Morgan fingerprint density at radius 1 is 1.47 bits per heavy atom. The minimum atomic E-state index is -0.948. The van der Waals surface area contributed by atoms with Crippen molar-refractivity contribution in [1.29, 1.82) is 0 Å². The first-order valence-electron chi connectivity index (χ1n) is 5.54. The molecule has 0 aliphatic carbocycles. The van der Waals surface area contributed by atoms with E-state index < -0.39 is 5.97 Å². The van der Waals surface area contributed by atoms with E-state index in [1.165, 1.54) is 0 Å². The molecule has 0 atom stereocenters. The predicted molar refractivity (Wildman–Crippen MR) is 63.5 cm³/mol. The Bertz CT molecular complexity index is 560. The maximum atomic E-state index is 10.9. The van der Waals surface area contributed by atoms with Gasteiger partial charge in [-0.15, -0.1) is 0 Å². The first-order valence-corrected chi connectivity index (χ1v) is 5.54. The number of benzene rings is 1. The number of aromatic carboxylic acids is 1. The van der Waals surface area contributed by atoms with Crippen molar-refractivity contribution in [3.63, 3.8) is 0 Å². The van der Waals surface area contributed by atoms with E-state index in [0.717, 1.165) is 5.39 Å². The van der Waals surface area contributed by atoms with Crippen molar-refractivity contribution in [2.45, 2.75) is 20.4 Å². The molecule has 0 unspecified atom stereocenters. The first kappa shape index (κ1) is 11.4. The summed E-state index contributed by atoms with van der Waals surface area (Å²) in [6.45, 7) is 5.12. The lowest BCUT2D eigenvalue weighted by atomic mass is 10.1. The molecule has 5 heteroatoms. The second-order valence-electron chi connectivity index (χ2n) is 3.59.